The SMILES string of the molecule is O=C(O)C[C@@H]1C[C@H](C(=O)O)[C@@H](C(=O)O)[C@H]1C(=O)O. The molecule has 4 N–H and O–H groups in total. The molecule has 0 saturated heterocycles. The largest absolute Gasteiger partial charge is 0.481 e. The lowest BCUT2D eigenvalue weighted by Gasteiger charge is -2.17. The van der Waals surface area contributed by atoms with Crippen LogP contribution in [0.3, 0.4) is 0 Å². The highest BCUT2D eigenvalue weighted by molar-refractivity contribution is 5.87. The number of hydrogen-bond donors (Lipinski definition) is 4. The summed E-state index contributed by atoms with van der Waals surface area (Å²) in [5, 5.41) is 35.4. The minimum atomic E-state index is -1.59. The molecular formula is C10H12O8. The Bertz CT molecular complexity index is 401. The highest BCUT2D eigenvalue weighted by Gasteiger charge is 2.54. The Hall–Kier alpha value is -2.12. The van der Waals surface area contributed by atoms with Crippen molar-refractivity contribution < 1.29 is 39.6 Å². The monoisotopic (exact) mass is 260 g/mol. The normalized spacial score (nSPS) is 30.9. The second-order valence-electron chi connectivity index (χ2n) is 4.27. The van der Waals surface area contributed by atoms with Gasteiger partial charge in [0.15, 0.2) is 0 Å². The van der Waals surface area contributed by atoms with Crippen molar-refractivity contribution in [1.29, 1.82) is 0 Å². The number of hydrogen-bond acceptors (Lipinski definition) is 4. The predicted molar refractivity (Wildman–Crippen MR) is 53.7 cm³/mol. The van der Waals surface area contributed by atoms with Gasteiger partial charge in [0.1, 0.15) is 0 Å². The van der Waals surface area contributed by atoms with E-state index in [1.54, 1.807) is 0 Å². The molecule has 0 aromatic rings. The third kappa shape index (κ3) is 2.58. The van der Waals surface area contributed by atoms with Gasteiger partial charge in [0, 0.05) is 6.42 Å². The average molecular weight is 260 g/mol. The maximum atomic E-state index is 11.0. The molecule has 0 amide bonds. The summed E-state index contributed by atoms with van der Waals surface area (Å²) in [6.07, 6.45) is -0.805. The van der Waals surface area contributed by atoms with Gasteiger partial charge in [0.05, 0.1) is 17.8 Å². The van der Waals surface area contributed by atoms with Crippen LogP contribution in [0.1, 0.15) is 12.8 Å². The van der Waals surface area contributed by atoms with Gasteiger partial charge in [-0.15, -0.1) is 0 Å². The first kappa shape index (κ1) is 13.9. The molecule has 0 aromatic carbocycles. The first-order valence-corrected chi connectivity index (χ1v) is 5.16. The summed E-state index contributed by atoms with van der Waals surface area (Å²) >= 11 is 0. The van der Waals surface area contributed by atoms with Gasteiger partial charge in [0.25, 0.3) is 0 Å². The third-order valence-corrected chi connectivity index (χ3v) is 3.21. The van der Waals surface area contributed by atoms with Crippen LogP contribution in [0, 0.1) is 23.7 Å². The third-order valence-electron chi connectivity index (χ3n) is 3.21. The van der Waals surface area contributed by atoms with E-state index in [2.05, 4.69) is 0 Å². The summed E-state index contributed by atoms with van der Waals surface area (Å²) in [4.78, 5) is 43.5. The summed E-state index contributed by atoms with van der Waals surface area (Å²) in [5.41, 5.74) is 0. The number of rotatable bonds is 5. The van der Waals surface area contributed by atoms with Crippen molar-refractivity contribution in [2.45, 2.75) is 12.8 Å². The van der Waals surface area contributed by atoms with E-state index in [1.807, 2.05) is 0 Å². The summed E-state index contributed by atoms with van der Waals surface area (Å²) in [7, 11) is 0. The highest BCUT2D eigenvalue weighted by atomic mass is 16.4. The molecule has 1 saturated carbocycles. The second kappa shape index (κ2) is 5.03. The molecule has 0 aromatic heterocycles. The van der Waals surface area contributed by atoms with E-state index in [4.69, 9.17) is 20.4 Å². The Labute approximate surface area is 101 Å². The van der Waals surface area contributed by atoms with E-state index in [-0.39, 0.29) is 6.42 Å². The first-order valence-electron chi connectivity index (χ1n) is 5.16. The Kier molecular flexibility index (Phi) is 3.89. The Morgan fingerprint density at radius 1 is 0.833 bits per heavy atom. The molecule has 1 aliphatic carbocycles. The van der Waals surface area contributed by atoms with Crippen LogP contribution in [0.25, 0.3) is 0 Å². The van der Waals surface area contributed by atoms with Crippen molar-refractivity contribution in [2.24, 2.45) is 23.7 Å². The van der Waals surface area contributed by atoms with Crippen molar-refractivity contribution in [2.75, 3.05) is 0 Å². The van der Waals surface area contributed by atoms with Crippen LogP contribution >= 0.6 is 0 Å². The standard InChI is InChI=1S/C10H12O8/c11-5(12)2-3-1-4(8(13)14)7(10(17)18)6(3)9(15)16/h3-4,6-7H,1-2H2,(H,11,12)(H,13,14)(H,15,16)(H,17,18)/t3-,4-,6-,7+/m0/s1. The molecule has 100 valence electrons. The minimum absolute atomic E-state index is 0.254. The fourth-order valence-electron chi connectivity index (χ4n) is 2.53. The second-order valence-corrected chi connectivity index (χ2v) is 4.27. The zero-order chi connectivity index (χ0) is 14.0. The van der Waals surface area contributed by atoms with E-state index < -0.39 is 54.0 Å². The maximum absolute atomic E-state index is 11.0. The number of aliphatic carboxylic acids is 4. The molecule has 18 heavy (non-hydrogen) atoms. The first-order chi connectivity index (χ1) is 8.25. The number of carbonyl (C=O) groups is 4. The van der Waals surface area contributed by atoms with Gasteiger partial charge in [-0.1, -0.05) is 0 Å². The fraction of sp³-hybridized carbons (Fsp3) is 0.600. The van der Waals surface area contributed by atoms with Gasteiger partial charge < -0.3 is 20.4 Å². The topological polar surface area (TPSA) is 149 Å². The summed E-state index contributed by atoms with van der Waals surface area (Å²) in [5.74, 6) is -11.1. The molecule has 4 atom stereocenters. The van der Waals surface area contributed by atoms with E-state index in [1.165, 1.54) is 0 Å². The van der Waals surface area contributed by atoms with Crippen LogP contribution in [0.2, 0.25) is 0 Å². The van der Waals surface area contributed by atoms with Crippen molar-refractivity contribution in [3.05, 3.63) is 0 Å². The number of carboxylic acid groups (broad SMARTS) is 4. The van der Waals surface area contributed by atoms with Gasteiger partial charge in [-0.25, -0.2) is 0 Å². The Balaban J connectivity index is 3.09. The molecule has 0 bridgehead atoms. The van der Waals surface area contributed by atoms with E-state index in [0.717, 1.165) is 0 Å². The lowest BCUT2D eigenvalue weighted by molar-refractivity contribution is -0.158. The molecule has 1 aliphatic rings. The lowest BCUT2D eigenvalue weighted by atomic mass is 9.86. The van der Waals surface area contributed by atoms with Crippen LogP contribution in [-0.2, 0) is 19.2 Å². The molecule has 8 nitrogen and oxygen atoms in total. The van der Waals surface area contributed by atoms with Crippen molar-refractivity contribution in [3.63, 3.8) is 0 Å². The molecule has 0 spiro atoms. The summed E-state index contributed by atoms with van der Waals surface area (Å²) < 4.78 is 0. The van der Waals surface area contributed by atoms with E-state index in [9.17, 15) is 19.2 Å². The van der Waals surface area contributed by atoms with Gasteiger partial charge in [-0.05, 0) is 12.3 Å². The predicted octanol–water partition coefficient (Wildman–Crippen LogP) is -0.417. The van der Waals surface area contributed by atoms with Gasteiger partial charge in [0.2, 0.25) is 0 Å². The van der Waals surface area contributed by atoms with Crippen LogP contribution in [0.15, 0.2) is 0 Å². The van der Waals surface area contributed by atoms with Crippen molar-refractivity contribution >= 4 is 23.9 Å². The zero-order valence-electron chi connectivity index (χ0n) is 9.15. The molecule has 0 radical (unpaired) electrons. The van der Waals surface area contributed by atoms with E-state index in [0.29, 0.717) is 0 Å². The Morgan fingerprint density at radius 3 is 1.67 bits per heavy atom. The highest BCUT2D eigenvalue weighted by Crippen LogP contribution is 2.43. The summed E-state index contributed by atoms with van der Waals surface area (Å²) in [6, 6.07) is 0. The van der Waals surface area contributed by atoms with Crippen LogP contribution in [0.4, 0.5) is 0 Å². The van der Waals surface area contributed by atoms with Gasteiger partial charge in [-0.3, -0.25) is 19.2 Å². The minimum Gasteiger partial charge on any atom is -0.481 e. The molecule has 8 heteroatoms. The molecule has 0 aliphatic heterocycles. The van der Waals surface area contributed by atoms with Crippen LogP contribution in [-0.4, -0.2) is 44.3 Å². The van der Waals surface area contributed by atoms with Crippen LogP contribution < -0.4 is 0 Å². The van der Waals surface area contributed by atoms with Gasteiger partial charge >= 0.3 is 23.9 Å². The lowest BCUT2D eigenvalue weighted by Crippen LogP contribution is -2.34. The molecule has 1 rings (SSSR count). The molecule has 1 fully saturated rings. The van der Waals surface area contributed by atoms with Crippen molar-refractivity contribution in [1.82, 2.24) is 0 Å². The summed E-state index contributed by atoms with van der Waals surface area (Å²) in [6.45, 7) is 0. The maximum Gasteiger partial charge on any atom is 0.308 e. The van der Waals surface area contributed by atoms with Crippen molar-refractivity contribution in [3.8, 4) is 0 Å². The zero-order valence-corrected chi connectivity index (χ0v) is 9.15. The molecular weight excluding hydrogens is 248 g/mol. The van der Waals surface area contributed by atoms with Crippen LogP contribution in [0.5, 0.6) is 0 Å². The molecule has 0 unspecified atom stereocenters. The van der Waals surface area contributed by atoms with E-state index >= 15 is 0 Å². The Morgan fingerprint density at radius 2 is 1.33 bits per heavy atom. The van der Waals surface area contributed by atoms with Gasteiger partial charge in [-0.2, -0.15) is 0 Å². The quantitative estimate of drug-likeness (QED) is 0.520. The molecule has 0 heterocycles. The fourth-order valence-corrected chi connectivity index (χ4v) is 2.53. The number of carboxylic acids is 4. The average Bonchev–Trinajstić information content (AvgIpc) is 2.55. The smallest absolute Gasteiger partial charge is 0.308 e.